The summed E-state index contributed by atoms with van der Waals surface area (Å²) in [6, 6.07) is 16.3. The molecule has 0 bridgehead atoms. The third kappa shape index (κ3) is 3.48. The number of amides is 1. The fourth-order valence-corrected chi connectivity index (χ4v) is 2.91. The first-order valence-electron chi connectivity index (χ1n) is 8.28. The summed E-state index contributed by atoms with van der Waals surface area (Å²) in [4.78, 5) is 19.1. The molecule has 1 aromatic heterocycles. The van der Waals surface area contributed by atoms with Crippen molar-refractivity contribution in [3.63, 3.8) is 0 Å². The molecule has 0 aliphatic carbocycles. The van der Waals surface area contributed by atoms with E-state index in [-0.39, 0.29) is 11.9 Å². The molecule has 0 saturated heterocycles. The molecule has 0 fully saturated rings. The average molecular weight is 321 g/mol. The number of benzene rings is 2. The van der Waals surface area contributed by atoms with E-state index >= 15 is 0 Å². The van der Waals surface area contributed by atoms with E-state index in [1.807, 2.05) is 52.9 Å². The number of hydrogen-bond acceptors (Lipinski definition) is 2. The molecule has 4 heteroatoms. The number of fused-ring (bicyclic) bond motifs is 1. The Morgan fingerprint density at radius 1 is 1.12 bits per heavy atom. The third-order valence-corrected chi connectivity index (χ3v) is 4.28. The lowest BCUT2D eigenvalue weighted by Crippen LogP contribution is -2.37. The van der Waals surface area contributed by atoms with Crippen molar-refractivity contribution < 1.29 is 4.79 Å². The van der Waals surface area contributed by atoms with Gasteiger partial charge in [0.2, 0.25) is 5.91 Å². The van der Waals surface area contributed by atoms with Gasteiger partial charge in [-0.25, -0.2) is 4.98 Å². The normalized spacial score (nSPS) is 11.2. The van der Waals surface area contributed by atoms with E-state index in [9.17, 15) is 4.79 Å². The Morgan fingerprint density at radius 2 is 1.88 bits per heavy atom. The Labute approximate surface area is 142 Å². The molecule has 4 nitrogen and oxygen atoms in total. The fraction of sp³-hybridized carbons (Fsp3) is 0.300. The van der Waals surface area contributed by atoms with Crippen LogP contribution < -0.4 is 0 Å². The van der Waals surface area contributed by atoms with Crippen LogP contribution in [0.5, 0.6) is 0 Å². The number of imidazole rings is 1. The van der Waals surface area contributed by atoms with E-state index in [0.29, 0.717) is 13.0 Å². The van der Waals surface area contributed by atoms with Crippen LogP contribution >= 0.6 is 0 Å². The van der Waals surface area contributed by atoms with E-state index < -0.39 is 0 Å². The molecule has 3 aromatic rings. The van der Waals surface area contributed by atoms with E-state index in [2.05, 4.69) is 31.0 Å². The SMILES string of the molecule is CC(C)N(Cc1ccccc1)C(=O)Cc1ccc2c(c1)ncn2C. The van der Waals surface area contributed by atoms with Crippen molar-refractivity contribution in [1.29, 1.82) is 0 Å². The van der Waals surface area contributed by atoms with Gasteiger partial charge in [-0.15, -0.1) is 0 Å². The van der Waals surface area contributed by atoms with Crippen molar-refractivity contribution in [2.75, 3.05) is 0 Å². The van der Waals surface area contributed by atoms with Crippen LogP contribution in [0.4, 0.5) is 0 Å². The van der Waals surface area contributed by atoms with Gasteiger partial charge in [-0.05, 0) is 37.1 Å². The van der Waals surface area contributed by atoms with Gasteiger partial charge in [0.15, 0.2) is 0 Å². The smallest absolute Gasteiger partial charge is 0.227 e. The molecule has 124 valence electrons. The monoisotopic (exact) mass is 321 g/mol. The molecule has 3 rings (SSSR count). The molecule has 24 heavy (non-hydrogen) atoms. The molecule has 0 saturated carbocycles. The summed E-state index contributed by atoms with van der Waals surface area (Å²) in [5.74, 6) is 0.143. The second-order valence-electron chi connectivity index (χ2n) is 6.46. The molecular formula is C20H23N3O. The van der Waals surface area contributed by atoms with Gasteiger partial charge in [0.25, 0.3) is 0 Å². The number of hydrogen-bond donors (Lipinski definition) is 0. The van der Waals surface area contributed by atoms with Crippen LogP contribution in [-0.2, 0) is 24.8 Å². The van der Waals surface area contributed by atoms with Gasteiger partial charge in [0.1, 0.15) is 0 Å². The van der Waals surface area contributed by atoms with Crippen LogP contribution in [0.25, 0.3) is 11.0 Å². The first-order chi connectivity index (χ1) is 11.5. The van der Waals surface area contributed by atoms with Crippen LogP contribution in [0.1, 0.15) is 25.0 Å². The summed E-state index contributed by atoms with van der Waals surface area (Å²) in [5.41, 5.74) is 4.17. The highest BCUT2D eigenvalue weighted by atomic mass is 16.2. The quantitative estimate of drug-likeness (QED) is 0.721. The summed E-state index contributed by atoms with van der Waals surface area (Å²) in [7, 11) is 1.97. The Kier molecular flexibility index (Phi) is 4.65. The molecule has 2 aromatic carbocycles. The Balaban J connectivity index is 1.76. The standard InChI is InChI=1S/C20H23N3O/c1-15(2)23(13-16-7-5-4-6-8-16)20(24)12-17-9-10-19-18(11-17)21-14-22(19)3/h4-11,14-15H,12-13H2,1-3H3. The number of aryl methyl sites for hydroxylation is 1. The zero-order valence-electron chi connectivity index (χ0n) is 14.4. The van der Waals surface area contributed by atoms with Gasteiger partial charge in [0.05, 0.1) is 23.8 Å². The summed E-state index contributed by atoms with van der Waals surface area (Å²) in [5, 5.41) is 0. The second kappa shape index (κ2) is 6.87. The number of nitrogens with zero attached hydrogens (tertiary/aromatic N) is 3. The van der Waals surface area contributed by atoms with E-state index in [1.165, 1.54) is 0 Å². The molecule has 0 spiro atoms. The van der Waals surface area contributed by atoms with Gasteiger partial charge < -0.3 is 9.47 Å². The molecular weight excluding hydrogens is 298 g/mol. The minimum absolute atomic E-state index is 0.143. The van der Waals surface area contributed by atoms with Crippen LogP contribution in [0.2, 0.25) is 0 Å². The zero-order valence-corrected chi connectivity index (χ0v) is 14.4. The fourth-order valence-electron chi connectivity index (χ4n) is 2.91. The Morgan fingerprint density at radius 3 is 2.58 bits per heavy atom. The highest BCUT2D eigenvalue weighted by Crippen LogP contribution is 2.16. The maximum Gasteiger partial charge on any atom is 0.227 e. The van der Waals surface area contributed by atoms with Crippen LogP contribution in [0.15, 0.2) is 54.9 Å². The second-order valence-corrected chi connectivity index (χ2v) is 6.46. The van der Waals surface area contributed by atoms with Crippen LogP contribution in [0.3, 0.4) is 0 Å². The highest BCUT2D eigenvalue weighted by molar-refractivity contribution is 5.82. The van der Waals surface area contributed by atoms with Crippen molar-refractivity contribution in [1.82, 2.24) is 14.5 Å². The number of carbonyl (C=O) groups is 1. The maximum atomic E-state index is 12.8. The summed E-state index contributed by atoms with van der Waals surface area (Å²) in [6.07, 6.45) is 2.20. The van der Waals surface area contributed by atoms with Crippen molar-refractivity contribution in [2.45, 2.75) is 32.9 Å². The summed E-state index contributed by atoms with van der Waals surface area (Å²) in [6.45, 7) is 4.76. The highest BCUT2D eigenvalue weighted by Gasteiger charge is 2.18. The lowest BCUT2D eigenvalue weighted by atomic mass is 10.1. The van der Waals surface area contributed by atoms with Crippen molar-refractivity contribution in [3.8, 4) is 0 Å². The minimum Gasteiger partial charge on any atom is -0.336 e. The number of aromatic nitrogens is 2. The average Bonchev–Trinajstić information content (AvgIpc) is 2.94. The topological polar surface area (TPSA) is 38.1 Å². The number of rotatable bonds is 5. The Hall–Kier alpha value is -2.62. The van der Waals surface area contributed by atoms with Crippen molar-refractivity contribution >= 4 is 16.9 Å². The van der Waals surface area contributed by atoms with E-state index in [0.717, 1.165) is 22.2 Å². The van der Waals surface area contributed by atoms with Gasteiger partial charge >= 0.3 is 0 Å². The predicted octanol–water partition coefficient (Wildman–Crippen LogP) is 3.55. The van der Waals surface area contributed by atoms with Gasteiger partial charge in [0, 0.05) is 19.6 Å². The van der Waals surface area contributed by atoms with Gasteiger partial charge in [-0.2, -0.15) is 0 Å². The first kappa shape index (κ1) is 16.2. The predicted molar refractivity (Wildman–Crippen MR) is 96.5 cm³/mol. The van der Waals surface area contributed by atoms with Gasteiger partial charge in [-0.3, -0.25) is 4.79 Å². The molecule has 0 radical (unpaired) electrons. The number of carbonyl (C=O) groups excluding carboxylic acids is 1. The lowest BCUT2D eigenvalue weighted by molar-refractivity contribution is -0.132. The summed E-state index contributed by atoms with van der Waals surface area (Å²) < 4.78 is 1.98. The largest absolute Gasteiger partial charge is 0.336 e. The van der Waals surface area contributed by atoms with Crippen LogP contribution in [-0.4, -0.2) is 26.4 Å². The molecule has 1 heterocycles. The molecule has 0 aliphatic heterocycles. The minimum atomic E-state index is 0.143. The van der Waals surface area contributed by atoms with E-state index in [4.69, 9.17) is 0 Å². The lowest BCUT2D eigenvalue weighted by Gasteiger charge is -2.27. The third-order valence-electron chi connectivity index (χ3n) is 4.28. The first-order valence-corrected chi connectivity index (χ1v) is 8.28. The molecule has 0 atom stereocenters. The van der Waals surface area contributed by atoms with Crippen molar-refractivity contribution in [2.24, 2.45) is 7.05 Å². The molecule has 0 unspecified atom stereocenters. The molecule has 1 amide bonds. The zero-order chi connectivity index (χ0) is 17.1. The maximum absolute atomic E-state index is 12.8. The molecule has 0 aliphatic rings. The van der Waals surface area contributed by atoms with E-state index in [1.54, 1.807) is 6.33 Å². The summed E-state index contributed by atoms with van der Waals surface area (Å²) >= 11 is 0. The van der Waals surface area contributed by atoms with Crippen molar-refractivity contribution in [3.05, 3.63) is 66.0 Å². The molecule has 0 N–H and O–H groups in total. The van der Waals surface area contributed by atoms with Crippen LogP contribution in [0, 0.1) is 0 Å². The Bertz CT molecular complexity index is 836. The van der Waals surface area contributed by atoms with Gasteiger partial charge in [-0.1, -0.05) is 36.4 Å².